The number of carbonyl (C=O) groups excluding carboxylic acids is 4. The van der Waals surface area contributed by atoms with Gasteiger partial charge in [-0.2, -0.15) is 0 Å². The van der Waals surface area contributed by atoms with Crippen LogP contribution in [-0.2, 0) is 20.9 Å². The number of benzene rings is 2. The molecule has 31 heavy (non-hydrogen) atoms. The summed E-state index contributed by atoms with van der Waals surface area (Å²) < 4.78 is 18.7. The third-order valence-electron chi connectivity index (χ3n) is 4.54. The van der Waals surface area contributed by atoms with Gasteiger partial charge in [0.05, 0.1) is 21.2 Å². The Kier molecular flexibility index (Phi) is 6.83. The summed E-state index contributed by atoms with van der Waals surface area (Å²) in [5.41, 5.74) is 0.157. The Balaban J connectivity index is 1.57. The van der Waals surface area contributed by atoms with E-state index < -0.39 is 42.7 Å². The molecule has 1 aliphatic rings. The summed E-state index contributed by atoms with van der Waals surface area (Å²) in [4.78, 5) is 50.9. The molecule has 0 saturated heterocycles. The van der Waals surface area contributed by atoms with Crippen LogP contribution in [-0.4, -0.2) is 53.7 Å². The van der Waals surface area contributed by atoms with Crippen LogP contribution in [0.1, 0.15) is 26.3 Å². The van der Waals surface area contributed by atoms with Crippen LogP contribution in [0.5, 0.6) is 0 Å². The molecule has 1 heterocycles. The molecule has 0 saturated carbocycles. The van der Waals surface area contributed by atoms with Gasteiger partial charge in [0.25, 0.3) is 17.7 Å². The van der Waals surface area contributed by atoms with E-state index in [1.807, 2.05) is 0 Å². The molecule has 162 valence electrons. The lowest BCUT2D eigenvalue weighted by atomic mass is 10.1. The van der Waals surface area contributed by atoms with Gasteiger partial charge in [0.15, 0.2) is 6.61 Å². The van der Waals surface area contributed by atoms with E-state index in [0.29, 0.717) is 4.90 Å². The first-order valence-electron chi connectivity index (χ1n) is 8.78. The minimum Gasteiger partial charge on any atom is -0.454 e. The lowest BCUT2D eigenvalue weighted by Crippen LogP contribution is -2.37. The number of imide groups is 1. The molecule has 2 aromatic rings. The zero-order valence-electron chi connectivity index (χ0n) is 16.0. The van der Waals surface area contributed by atoms with Gasteiger partial charge in [-0.05, 0) is 24.3 Å². The van der Waals surface area contributed by atoms with Gasteiger partial charge in [-0.3, -0.25) is 24.1 Å². The molecule has 3 amide bonds. The molecule has 2 aromatic carbocycles. The minimum absolute atomic E-state index is 0.0183. The summed E-state index contributed by atoms with van der Waals surface area (Å²) in [5.74, 6) is -3.64. The normalized spacial score (nSPS) is 12.7. The lowest BCUT2D eigenvalue weighted by Gasteiger charge is -2.19. The first-order valence-corrected chi connectivity index (χ1v) is 9.91. The predicted octanol–water partition coefficient (Wildman–Crippen LogP) is 3.58. The Bertz CT molecular complexity index is 1050. The summed E-state index contributed by atoms with van der Waals surface area (Å²) in [6.07, 6.45) is 0. The average Bonchev–Trinajstić information content (AvgIpc) is 2.93. The van der Waals surface area contributed by atoms with Crippen molar-refractivity contribution in [3.05, 3.63) is 67.9 Å². The largest absolute Gasteiger partial charge is 0.454 e. The van der Waals surface area contributed by atoms with Gasteiger partial charge in [-0.25, -0.2) is 4.39 Å². The van der Waals surface area contributed by atoms with Crippen LogP contribution in [0.3, 0.4) is 0 Å². The van der Waals surface area contributed by atoms with Gasteiger partial charge in [0.1, 0.15) is 12.4 Å². The van der Waals surface area contributed by atoms with Crippen molar-refractivity contribution in [2.75, 3.05) is 20.2 Å². The van der Waals surface area contributed by atoms with Crippen molar-refractivity contribution in [3.8, 4) is 0 Å². The zero-order chi connectivity index (χ0) is 22.9. The molecular weight excluding hydrogens is 474 g/mol. The van der Waals surface area contributed by atoms with E-state index in [-0.39, 0.29) is 38.3 Å². The smallest absolute Gasteiger partial charge is 0.326 e. The topological polar surface area (TPSA) is 84.0 Å². The second kappa shape index (κ2) is 9.21. The molecule has 11 heteroatoms. The van der Waals surface area contributed by atoms with E-state index in [1.165, 1.54) is 37.4 Å². The van der Waals surface area contributed by atoms with Gasteiger partial charge in [-0.15, -0.1) is 0 Å². The molecule has 0 unspecified atom stereocenters. The van der Waals surface area contributed by atoms with Gasteiger partial charge in [0.2, 0.25) is 0 Å². The molecule has 0 N–H and O–H groups in total. The van der Waals surface area contributed by atoms with Crippen LogP contribution in [0.4, 0.5) is 4.39 Å². The SMILES string of the molecule is CN(Cc1c(F)cccc1Cl)C(=O)COC(=O)CN1C(=O)c2cc(Cl)c(Cl)cc2C1=O. The van der Waals surface area contributed by atoms with Crippen LogP contribution in [0.25, 0.3) is 0 Å². The number of rotatable bonds is 6. The van der Waals surface area contributed by atoms with Crippen molar-refractivity contribution in [1.82, 2.24) is 9.80 Å². The Morgan fingerprint density at radius 2 is 1.61 bits per heavy atom. The molecule has 0 spiro atoms. The summed E-state index contributed by atoms with van der Waals surface area (Å²) in [6, 6.07) is 6.63. The van der Waals surface area contributed by atoms with Gasteiger partial charge < -0.3 is 9.64 Å². The van der Waals surface area contributed by atoms with Crippen molar-refractivity contribution in [1.29, 1.82) is 0 Å². The predicted molar refractivity (Wildman–Crippen MR) is 111 cm³/mol. The van der Waals surface area contributed by atoms with Crippen molar-refractivity contribution < 1.29 is 28.3 Å². The average molecular weight is 488 g/mol. The molecular formula is C20H14Cl3FN2O5. The van der Waals surface area contributed by atoms with E-state index in [1.54, 1.807) is 0 Å². The number of hydrogen-bond acceptors (Lipinski definition) is 5. The van der Waals surface area contributed by atoms with Crippen molar-refractivity contribution in [3.63, 3.8) is 0 Å². The molecule has 0 radical (unpaired) electrons. The number of halogens is 4. The van der Waals surface area contributed by atoms with E-state index in [2.05, 4.69) is 0 Å². The number of fused-ring (bicyclic) bond motifs is 1. The van der Waals surface area contributed by atoms with Crippen LogP contribution >= 0.6 is 34.8 Å². The van der Waals surface area contributed by atoms with Crippen molar-refractivity contribution >= 4 is 58.5 Å². The van der Waals surface area contributed by atoms with Gasteiger partial charge in [-0.1, -0.05) is 40.9 Å². The zero-order valence-corrected chi connectivity index (χ0v) is 18.2. The first kappa shape index (κ1) is 23.0. The third kappa shape index (κ3) is 4.81. The number of hydrogen-bond donors (Lipinski definition) is 0. The fourth-order valence-electron chi connectivity index (χ4n) is 2.86. The maximum atomic E-state index is 13.9. The van der Waals surface area contributed by atoms with Gasteiger partial charge in [0, 0.05) is 24.2 Å². The van der Waals surface area contributed by atoms with Crippen molar-refractivity contribution in [2.24, 2.45) is 0 Å². The number of carbonyl (C=O) groups is 4. The summed E-state index contributed by atoms with van der Waals surface area (Å²) in [5, 5.41) is 0.339. The van der Waals surface area contributed by atoms with Crippen molar-refractivity contribution in [2.45, 2.75) is 6.54 Å². The number of ether oxygens (including phenoxy) is 1. The summed E-state index contributed by atoms with van der Waals surface area (Å²) >= 11 is 17.7. The highest BCUT2D eigenvalue weighted by molar-refractivity contribution is 6.43. The molecule has 3 rings (SSSR count). The van der Waals surface area contributed by atoms with E-state index in [4.69, 9.17) is 39.5 Å². The van der Waals surface area contributed by atoms with Crippen LogP contribution < -0.4 is 0 Å². The highest BCUT2D eigenvalue weighted by Gasteiger charge is 2.37. The Morgan fingerprint density at radius 1 is 1.03 bits per heavy atom. The quantitative estimate of drug-likeness (QED) is 0.459. The third-order valence-corrected chi connectivity index (χ3v) is 5.61. The van der Waals surface area contributed by atoms with E-state index in [0.717, 1.165) is 4.90 Å². The standard InChI is InChI=1S/C20H14Cl3FN2O5/c1-25(7-12-13(21)3-2-4-16(12)24)17(27)9-31-18(28)8-26-19(29)10-5-14(22)15(23)6-11(10)20(26)30/h2-6H,7-9H2,1H3. The molecule has 0 aromatic heterocycles. The second-order valence-corrected chi connectivity index (χ2v) is 7.84. The molecule has 0 atom stereocenters. The van der Waals surface area contributed by atoms with E-state index in [9.17, 15) is 23.6 Å². The Morgan fingerprint density at radius 3 is 2.16 bits per heavy atom. The van der Waals surface area contributed by atoms with E-state index >= 15 is 0 Å². The molecule has 0 bridgehead atoms. The maximum absolute atomic E-state index is 13.9. The van der Waals surface area contributed by atoms with Gasteiger partial charge >= 0.3 is 5.97 Å². The molecule has 7 nitrogen and oxygen atoms in total. The maximum Gasteiger partial charge on any atom is 0.326 e. The summed E-state index contributed by atoms with van der Waals surface area (Å²) in [6.45, 7) is -1.50. The second-order valence-electron chi connectivity index (χ2n) is 6.62. The minimum atomic E-state index is -0.975. The molecule has 1 aliphatic heterocycles. The summed E-state index contributed by atoms with van der Waals surface area (Å²) in [7, 11) is 1.39. The number of likely N-dealkylation sites (N-methyl/N-ethyl adjacent to an activating group) is 1. The van der Waals surface area contributed by atoms with Crippen LogP contribution in [0.2, 0.25) is 15.1 Å². The van der Waals surface area contributed by atoms with Crippen LogP contribution in [0.15, 0.2) is 30.3 Å². The number of nitrogens with zero attached hydrogens (tertiary/aromatic N) is 2. The fourth-order valence-corrected chi connectivity index (χ4v) is 3.41. The fraction of sp³-hybridized carbons (Fsp3) is 0.200. The highest BCUT2D eigenvalue weighted by Crippen LogP contribution is 2.31. The number of esters is 1. The lowest BCUT2D eigenvalue weighted by molar-refractivity contribution is -0.151. The highest BCUT2D eigenvalue weighted by atomic mass is 35.5. The Labute approximate surface area is 191 Å². The Hall–Kier alpha value is -2.68. The first-order chi connectivity index (χ1) is 14.6. The monoisotopic (exact) mass is 486 g/mol. The molecule has 0 fully saturated rings. The number of amides is 3. The van der Waals surface area contributed by atoms with Crippen LogP contribution in [0, 0.1) is 5.82 Å². The molecule has 0 aliphatic carbocycles.